The van der Waals surface area contributed by atoms with Gasteiger partial charge in [-0.05, 0) is 37.5 Å². The molecular weight excluding hydrogens is 124 g/mol. The van der Waals surface area contributed by atoms with E-state index in [-0.39, 0.29) is 6.10 Å². The van der Waals surface area contributed by atoms with E-state index in [1.165, 1.54) is 25.7 Å². The molecule has 1 nitrogen and oxygen atoms in total. The van der Waals surface area contributed by atoms with Gasteiger partial charge in [0.1, 0.15) is 0 Å². The maximum atomic E-state index is 9.35. The van der Waals surface area contributed by atoms with E-state index in [4.69, 9.17) is 0 Å². The smallest absolute Gasteiger partial charge is 0.0540 e. The number of fused-ring (bicyclic) bond motifs is 1. The molecule has 2 fully saturated rings. The molecule has 2 aliphatic carbocycles. The Morgan fingerprint density at radius 3 is 2.60 bits per heavy atom. The Morgan fingerprint density at radius 1 is 0.900 bits per heavy atom. The summed E-state index contributed by atoms with van der Waals surface area (Å²) in [6.07, 6.45) is 7.58. The van der Waals surface area contributed by atoms with E-state index >= 15 is 0 Å². The Balaban J connectivity index is 1.83. The predicted molar refractivity (Wildman–Crippen MR) is 40.7 cm³/mol. The van der Waals surface area contributed by atoms with Crippen LogP contribution in [0.5, 0.6) is 0 Å². The summed E-state index contributed by atoms with van der Waals surface area (Å²) < 4.78 is 0. The summed E-state index contributed by atoms with van der Waals surface area (Å²) in [6.45, 7) is 0. The molecule has 0 spiro atoms. The number of hydrogen-bond acceptors (Lipinski definition) is 1. The highest BCUT2D eigenvalue weighted by Crippen LogP contribution is 2.47. The molecule has 1 heteroatoms. The number of hydrogen-bond donors (Lipinski definition) is 1. The summed E-state index contributed by atoms with van der Waals surface area (Å²) in [7, 11) is 0. The van der Waals surface area contributed by atoms with Crippen molar-refractivity contribution in [2.45, 2.75) is 44.6 Å². The highest BCUT2D eigenvalue weighted by molar-refractivity contribution is 4.88. The quantitative estimate of drug-likeness (QED) is 0.545. The van der Waals surface area contributed by atoms with E-state index in [0.29, 0.717) is 0 Å². The normalized spacial score (nSPS) is 47.1. The van der Waals surface area contributed by atoms with Crippen LogP contribution < -0.4 is 0 Å². The van der Waals surface area contributed by atoms with Gasteiger partial charge in [0.05, 0.1) is 6.10 Å². The van der Waals surface area contributed by atoms with Crippen molar-refractivity contribution in [3.8, 4) is 0 Å². The van der Waals surface area contributed by atoms with Crippen LogP contribution in [0.3, 0.4) is 0 Å². The summed E-state index contributed by atoms with van der Waals surface area (Å²) >= 11 is 0. The van der Waals surface area contributed by atoms with Crippen LogP contribution in [0.4, 0.5) is 0 Å². The van der Waals surface area contributed by atoms with Crippen molar-refractivity contribution >= 4 is 0 Å². The van der Waals surface area contributed by atoms with Crippen LogP contribution >= 0.6 is 0 Å². The standard InChI is InChI=1S/C9H16O/c10-9-3-1-2-7-6-8(7)4-5-9/h7-10H,1-6H2/t7-,8-,9-/m1/s1. The van der Waals surface area contributed by atoms with Crippen molar-refractivity contribution in [2.75, 3.05) is 0 Å². The van der Waals surface area contributed by atoms with Crippen LogP contribution in [0.1, 0.15) is 38.5 Å². The fourth-order valence-electron chi connectivity index (χ4n) is 2.18. The Labute approximate surface area is 62.4 Å². The van der Waals surface area contributed by atoms with Gasteiger partial charge in [-0.15, -0.1) is 0 Å². The molecule has 0 heterocycles. The molecule has 10 heavy (non-hydrogen) atoms. The highest BCUT2D eigenvalue weighted by atomic mass is 16.3. The second-order valence-corrected chi connectivity index (χ2v) is 3.92. The van der Waals surface area contributed by atoms with E-state index in [2.05, 4.69) is 0 Å². The Kier molecular flexibility index (Phi) is 1.69. The zero-order chi connectivity index (χ0) is 6.97. The molecular formula is C9H16O. The van der Waals surface area contributed by atoms with Crippen LogP contribution in [0.2, 0.25) is 0 Å². The summed E-state index contributed by atoms with van der Waals surface area (Å²) in [5.41, 5.74) is 0. The maximum Gasteiger partial charge on any atom is 0.0540 e. The van der Waals surface area contributed by atoms with Crippen LogP contribution in [0.25, 0.3) is 0 Å². The number of aliphatic hydroxyl groups is 1. The fourth-order valence-corrected chi connectivity index (χ4v) is 2.18. The molecule has 1 N–H and O–H groups in total. The van der Waals surface area contributed by atoms with E-state index in [9.17, 15) is 5.11 Å². The monoisotopic (exact) mass is 140 g/mol. The molecule has 0 aromatic heterocycles. The lowest BCUT2D eigenvalue weighted by Gasteiger charge is -2.12. The van der Waals surface area contributed by atoms with Gasteiger partial charge in [0, 0.05) is 0 Å². The minimum absolute atomic E-state index is 0.0292. The zero-order valence-corrected chi connectivity index (χ0v) is 6.42. The van der Waals surface area contributed by atoms with Crippen molar-refractivity contribution in [1.29, 1.82) is 0 Å². The van der Waals surface area contributed by atoms with Crippen molar-refractivity contribution in [1.82, 2.24) is 0 Å². The molecule has 0 aromatic rings. The first kappa shape index (κ1) is 6.66. The lowest BCUT2D eigenvalue weighted by atomic mass is 9.99. The molecule has 2 saturated carbocycles. The molecule has 0 bridgehead atoms. The van der Waals surface area contributed by atoms with Gasteiger partial charge in [0.25, 0.3) is 0 Å². The van der Waals surface area contributed by atoms with Gasteiger partial charge < -0.3 is 5.11 Å². The van der Waals surface area contributed by atoms with Crippen LogP contribution in [-0.2, 0) is 0 Å². The molecule has 2 rings (SSSR count). The molecule has 0 saturated heterocycles. The first-order valence-electron chi connectivity index (χ1n) is 4.54. The van der Waals surface area contributed by atoms with Gasteiger partial charge in [0.15, 0.2) is 0 Å². The molecule has 0 amide bonds. The molecule has 0 aromatic carbocycles. The minimum Gasteiger partial charge on any atom is -0.393 e. The average Bonchev–Trinajstić information content (AvgIpc) is 2.59. The van der Waals surface area contributed by atoms with Gasteiger partial charge in [-0.25, -0.2) is 0 Å². The first-order chi connectivity index (χ1) is 4.86. The van der Waals surface area contributed by atoms with Crippen LogP contribution in [0.15, 0.2) is 0 Å². The lowest BCUT2D eigenvalue weighted by molar-refractivity contribution is 0.140. The molecule has 3 atom stereocenters. The molecule has 2 aliphatic rings. The SMILES string of the molecule is O[C@@H]1CCC[C@@H]2C[C@H]2CC1. The Hall–Kier alpha value is -0.0400. The Morgan fingerprint density at radius 2 is 1.70 bits per heavy atom. The zero-order valence-electron chi connectivity index (χ0n) is 6.42. The average molecular weight is 140 g/mol. The van der Waals surface area contributed by atoms with Gasteiger partial charge in [-0.1, -0.05) is 12.8 Å². The van der Waals surface area contributed by atoms with Crippen molar-refractivity contribution in [2.24, 2.45) is 11.8 Å². The van der Waals surface area contributed by atoms with E-state index in [1.807, 2.05) is 0 Å². The molecule has 58 valence electrons. The van der Waals surface area contributed by atoms with Gasteiger partial charge >= 0.3 is 0 Å². The largest absolute Gasteiger partial charge is 0.393 e. The second-order valence-electron chi connectivity index (χ2n) is 3.92. The molecule has 0 radical (unpaired) electrons. The lowest BCUT2D eigenvalue weighted by Crippen LogP contribution is -2.08. The molecule has 0 unspecified atom stereocenters. The topological polar surface area (TPSA) is 20.2 Å². The number of aliphatic hydroxyl groups excluding tert-OH is 1. The van der Waals surface area contributed by atoms with Gasteiger partial charge in [0.2, 0.25) is 0 Å². The summed E-state index contributed by atoms with van der Waals surface area (Å²) in [6, 6.07) is 0. The number of rotatable bonds is 0. The van der Waals surface area contributed by atoms with Gasteiger partial charge in [-0.3, -0.25) is 0 Å². The fraction of sp³-hybridized carbons (Fsp3) is 1.00. The van der Waals surface area contributed by atoms with E-state index < -0.39 is 0 Å². The van der Waals surface area contributed by atoms with E-state index in [0.717, 1.165) is 24.7 Å². The third-order valence-corrected chi connectivity index (χ3v) is 3.05. The maximum absolute atomic E-state index is 9.35. The summed E-state index contributed by atoms with van der Waals surface area (Å²) in [5, 5.41) is 9.35. The van der Waals surface area contributed by atoms with Crippen molar-refractivity contribution < 1.29 is 5.11 Å². The molecule has 0 aliphatic heterocycles. The van der Waals surface area contributed by atoms with Crippen molar-refractivity contribution in [3.63, 3.8) is 0 Å². The third kappa shape index (κ3) is 1.34. The minimum atomic E-state index is 0.0292. The first-order valence-corrected chi connectivity index (χ1v) is 4.54. The Bertz CT molecular complexity index is 120. The van der Waals surface area contributed by atoms with Crippen molar-refractivity contribution in [3.05, 3.63) is 0 Å². The summed E-state index contributed by atoms with van der Waals surface area (Å²) in [5.74, 6) is 2.07. The highest BCUT2D eigenvalue weighted by Gasteiger charge is 2.37. The van der Waals surface area contributed by atoms with Crippen LogP contribution in [-0.4, -0.2) is 11.2 Å². The van der Waals surface area contributed by atoms with Crippen LogP contribution in [0, 0.1) is 11.8 Å². The third-order valence-electron chi connectivity index (χ3n) is 3.05. The van der Waals surface area contributed by atoms with E-state index in [1.54, 1.807) is 0 Å². The van der Waals surface area contributed by atoms with Gasteiger partial charge in [-0.2, -0.15) is 0 Å². The second kappa shape index (κ2) is 2.54. The predicted octanol–water partition coefficient (Wildman–Crippen LogP) is 1.95. The summed E-state index contributed by atoms with van der Waals surface area (Å²) in [4.78, 5) is 0.